The van der Waals surface area contributed by atoms with Gasteiger partial charge in [0.05, 0.1) is 0 Å². The van der Waals surface area contributed by atoms with Gasteiger partial charge in [0, 0.05) is 37.1 Å². The van der Waals surface area contributed by atoms with Gasteiger partial charge in [0.1, 0.15) is 6.54 Å². The van der Waals surface area contributed by atoms with Crippen molar-refractivity contribution in [1.82, 2.24) is 15.5 Å². The van der Waals surface area contributed by atoms with E-state index in [1.54, 1.807) is 30.3 Å². The Labute approximate surface area is 187 Å². The standard InChI is InChI=1S/C19H25ClN4OS.HI/c1-24(2)18(25)14-23-19(22-11-9-17-7-4-12-26-17)21-10-8-15-5-3-6-16(20)13-15;/h3-7,12-13H,8-11,14H2,1-2H3,(H2,21,22,23);1H. The van der Waals surface area contributed by atoms with E-state index in [9.17, 15) is 4.79 Å². The molecule has 1 amide bonds. The molecule has 2 aromatic rings. The maximum atomic E-state index is 11.8. The fourth-order valence-electron chi connectivity index (χ4n) is 2.24. The van der Waals surface area contributed by atoms with E-state index in [4.69, 9.17) is 11.6 Å². The number of halogens is 2. The van der Waals surface area contributed by atoms with Crippen molar-refractivity contribution in [2.45, 2.75) is 12.8 Å². The van der Waals surface area contributed by atoms with Crippen molar-refractivity contribution in [3.63, 3.8) is 0 Å². The highest BCUT2D eigenvalue weighted by Gasteiger charge is 2.05. The van der Waals surface area contributed by atoms with Crippen molar-refractivity contribution >= 4 is 58.8 Å². The van der Waals surface area contributed by atoms with E-state index >= 15 is 0 Å². The molecule has 0 aliphatic heterocycles. The average Bonchev–Trinajstić information content (AvgIpc) is 3.12. The summed E-state index contributed by atoms with van der Waals surface area (Å²) in [6.07, 6.45) is 1.75. The number of aliphatic imine (C=N–C) groups is 1. The number of benzene rings is 1. The van der Waals surface area contributed by atoms with Crippen molar-refractivity contribution in [1.29, 1.82) is 0 Å². The van der Waals surface area contributed by atoms with Crippen molar-refractivity contribution < 1.29 is 4.79 Å². The number of nitrogens with one attached hydrogen (secondary N) is 2. The topological polar surface area (TPSA) is 56.7 Å². The van der Waals surface area contributed by atoms with Crippen molar-refractivity contribution in [2.75, 3.05) is 33.7 Å². The molecule has 0 spiro atoms. The number of thiophene rings is 1. The van der Waals surface area contributed by atoms with E-state index in [0.29, 0.717) is 12.5 Å². The molecule has 0 bridgehead atoms. The van der Waals surface area contributed by atoms with E-state index in [0.717, 1.165) is 30.0 Å². The van der Waals surface area contributed by atoms with Crippen molar-refractivity contribution in [3.05, 3.63) is 57.2 Å². The second-order valence-corrected chi connectivity index (χ2v) is 7.48. The van der Waals surface area contributed by atoms with Gasteiger partial charge in [-0.3, -0.25) is 4.79 Å². The Morgan fingerprint density at radius 3 is 2.52 bits per heavy atom. The third-order valence-electron chi connectivity index (χ3n) is 3.71. The maximum Gasteiger partial charge on any atom is 0.243 e. The Bertz CT molecular complexity index is 722. The monoisotopic (exact) mass is 520 g/mol. The van der Waals surface area contributed by atoms with Crippen LogP contribution in [0, 0.1) is 0 Å². The summed E-state index contributed by atoms with van der Waals surface area (Å²) >= 11 is 7.76. The van der Waals surface area contributed by atoms with Crippen LogP contribution in [0.1, 0.15) is 10.4 Å². The largest absolute Gasteiger partial charge is 0.356 e. The van der Waals surface area contributed by atoms with E-state index in [2.05, 4.69) is 27.1 Å². The van der Waals surface area contributed by atoms with E-state index in [-0.39, 0.29) is 36.4 Å². The first-order chi connectivity index (χ1) is 12.5. The molecule has 5 nitrogen and oxygen atoms in total. The predicted octanol–water partition coefficient (Wildman–Crippen LogP) is 3.43. The summed E-state index contributed by atoms with van der Waals surface area (Å²) in [5, 5.41) is 9.40. The molecule has 0 radical (unpaired) electrons. The molecule has 2 N–H and O–H groups in total. The molecule has 0 atom stereocenters. The van der Waals surface area contributed by atoms with Crippen molar-refractivity contribution in [2.24, 2.45) is 4.99 Å². The zero-order valence-electron chi connectivity index (χ0n) is 15.6. The van der Waals surface area contributed by atoms with Gasteiger partial charge in [-0.25, -0.2) is 4.99 Å². The normalized spacial score (nSPS) is 10.9. The highest BCUT2D eigenvalue weighted by molar-refractivity contribution is 14.0. The molecule has 0 unspecified atom stereocenters. The second-order valence-electron chi connectivity index (χ2n) is 6.02. The van der Waals surface area contributed by atoms with Gasteiger partial charge in [0.25, 0.3) is 0 Å². The van der Waals surface area contributed by atoms with Gasteiger partial charge in [-0.05, 0) is 42.0 Å². The Hall–Kier alpha value is -1.32. The number of carbonyl (C=O) groups excluding carboxylic acids is 1. The summed E-state index contributed by atoms with van der Waals surface area (Å²) in [4.78, 5) is 19.0. The van der Waals surface area contributed by atoms with Gasteiger partial charge >= 0.3 is 0 Å². The molecule has 0 fully saturated rings. The second kappa shape index (κ2) is 13.0. The Morgan fingerprint density at radius 2 is 1.89 bits per heavy atom. The summed E-state index contributed by atoms with van der Waals surface area (Å²) in [6.45, 7) is 1.60. The van der Waals surface area contributed by atoms with Gasteiger partial charge in [-0.15, -0.1) is 35.3 Å². The first kappa shape index (κ1) is 23.7. The minimum Gasteiger partial charge on any atom is -0.356 e. The van der Waals surface area contributed by atoms with Crippen LogP contribution in [0.15, 0.2) is 46.8 Å². The number of likely N-dealkylation sites (N-methyl/N-ethyl adjacent to an activating group) is 1. The van der Waals surface area contributed by atoms with Crippen LogP contribution in [0.2, 0.25) is 5.02 Å². The third kappa shape index (κ3) is 9.44. The molecule has 0 aliphatic rings. The molecule has 27 heavy (non-hydrogen) atoms. The average molecular weight is 521 g/mol. The van der Waals surface area contributed by atoms with Crippen LogP contribution in [0.5, 0.6) is 0 Å². The summed E-state index contributed by atoms with van der Waals surface area (Å²) < 4.78 is 0. The number of hydrogen-bond acceptors (Lipinski definition) is 3. The number of guanidine groups is 1. The lowest BCUT2D eigenvalue weighted by Crippen LogP contribution is -2.40. The number of rotatable bonds is 8. The summed E-state index contributed by atoms with van der Waals surface area (Å²) in [5.41, 5.74) is 1.16. The number of amides is 1. The van der Waals surface area contributed by atoms with E-state index in [1.807, 2.05) is 30.3 Å². The Morgan fingerprint density at radius 1 is 1.15 bits per heavy atom. The number of carbonyl (C=O) groups is 1. The van der Waals surface area contributed by atoms with Gasteiger partial charge in [0.2, 0.25) is 5.91 Å². The molecule has 2 rings (SSSR count). The molecule has 0 aliphatic carbocycles. The molecule has 0 saturated carbocycles. The molecule has 1 heterocycles. The third-order valence-corrected chi connectivity index (χ3v) is 4.88. The maximum absolute atomic E-state index is 11.8. The smallest absolute Gasteiger partial charge is 0.243 e. The first-order valence-corrected chi connectivity index (χ1v) is 9.79. The number of nitrogens with zero attached hydrogens (tertiary/aromatic N) is 2. The molecule has 1 aromatic heterocycles. The lowest BCUT2D eigenvalue weighted by Gasteiger charge is -2.13. The van der Waals surface area contributed by atoms with Gasteiger partial charge < -0.3 is 15.5 Å². The predicted molar refractivity (Wildman–Crippen MR) is 126 cm³/mol. The zero-order chi connectivity index (χ0) is 18.8. The molecular formula is C19H26ClIN4OS. The Balaban J connectivity index is 0.00000364. The van der Waals surface area contributed by atoms with E-state index < -0.39 is 0 Å². The Kier molecular flexibility index (Phi) is 11.4. The van der Waals surface area contributed by atoms with Crippen LogP contribution in [0.4, 0.5) is 0 Å². The summed E-state index contributed by atoms with van der Waals surface area (Å²) in [6, 6.07) is 12.0. The van der Waals surface area contributed by atoms with Crippen LogP contribution >= 0.6 is 46.9 Å². The van der Waals surface area contributed by atoms with Crippen LogP contribution in [0.3, 0.4) is 0 Å². The van der Waals surface area contributed by atoms with Crippen LogP contribution in [0.25, 0.3) is 0 Å². The minimum absolute atomic E-state index is 0. The lowest BCUT2D eigenvalue weighted by atomic mass is 10.1. The molecular weight excluding hydrogens is 495 g/mol. The van der Waals surface area contributed by atoms with Crippen molar-refractivity contribution in [3.8, 4) is 0 Å². The molecule has 0 saturated heterocycles. The van der Waals surface area contributed by atoms with Gasteiger partial charge in [0.15, 0.2) is 5.96 Å². The summed E-state index contributed by atoms with van der Waals surface area (Å²) in [7, 11) is 3.46. The zero-order valence-corrected chi connectivity index (χ0v) is 19.5. The van der Waals surface area contributed by atoms with Crippen LogP contribution in [-0.4, -0.2) is 50.5 Å². The van der Waals surface area contributed by atoms with Crippen LogP contribution < -0.4 is 10.6 Å². The highest BCUT2D eigenvalue weighted by atomic mass is 127. The van der Waals surface area contributed by atoms with Gasteiger partial charge in [-0.1, -0.05) is 29.8 Å². The number of hydrogen-bond donors (Lipinski definition) is 2. The van der Waals surface area contributed by atoms with E-state index in [1.165, 1.54) is 4.88 Å². The molecule has 1 aromatic carbocycles. The SMILES string of the molecule is CN(C)C(=O)CN=C(NCCc1cccc(Cl)c1)NCCc1cccs1.I. The lowest BCUT2D eigenvalue weighted by molar-refractivity contribution is -0.127. The molecule has 8 heteroatoms. The van der Waals surface area contributed by atoms with Gasteiger partial charge in [-0.2, -0.15) is 0 Å². The highest BCUT2D eigenvalue weighted by Crippen LogP contribution is 2.10. The fraction of sp³-hybridized carbons (Fsp3) is 0.368. The molecule has 148 valence electrons. The minimum atomic E-state index is -0.0285. The summed E-state index contributed by atoms with van der Waals surface area (Å²) in [5.74, 6) is 0.623. The van der Waals surface area contributed by atoms with Crippen LogP contribution in [-0.2, 0) is 17.6 Å². The fourth-order valence-corrected chi connectivity index (χ4v) is 3.16. The first-order valence-electron chi connectivity index (χ1n) is 8.54. The quantitative estimate of drug-likeness (QED) is 0.319.